The van der Waals surface area contributed by atoms with Crippen molar-refractivity contribution >= 4 is 17.5 Å². The highest BCUT2D eigenvalue weighted by molar-refractivity contribution is 5.98. The Morgan fingerprint density at radius 2 is 1.98 bits per heavy atom. The topological polar surface area (TPSA) is 91.3 Å². The zero-order valence-electron chi connectivity index (χ0n) is 24.4. The number of hydrogen-bond donors (Lipinski definition) is 0. The molecule has 220 valence electrons. The molecule has 42 heavy (non-hydrogen) atoms. The van der Waals surface area contributed by atoms with Gasteiger partial charge in [0.1, 0.15) is 23.8 Å². The Labute approximate surface area is 246 Å². The Kier molecular flexibility index (Phi) is 6.00. The third kappa shape index (κ3) is 3.81. The van der Waals surface area contributed by atoms with Crippen molar-refractivity contribution in [2.45, 2.75) is 69.1 Å². The summed E-state index contributed by atoms with van der Waals surface area (Å²) >= 11 is 0. The van der Waals surface area contributed by atoms with Crippen molar-refractivity contribution in [3.63, 3.8) is 0 Å². The molecule has 1 saturated carbocycles. The summed E-state index contributed by atoms with van der Waals surface area (Å²) in [6.07, 6.45) is 4.51. The summed E-state index contributed by atoms with van der Waals surface area (Å²) in [7, 11) is 3.78. The fourth-order valence-corrected chi connectivity index (χ4v) is 8.70. The maximum atomic E-state index is 13.2. The van der Waals surface area contributed by atoms with Crippen LogP contribution in [-0.4, -0.2) is 101 Å². The molecule has 1 amide bonds. The molecule has 2 aliphatic carbocycles. The van der Waals surface area contributed by atoms with E-state index in [4.69, 9.17) is 19.4 Å². The van der Waals surface area contributed by atoms with Gasteiger partial charge in [0.15, 0.2) is 0 Å². The minimum Gasteiger partial charge on any atom is -0.456 e. The van der Waals surface area contributed by atoms with Crippen molar-refractivity contribution in [2.75, 3.05) is 45.2 Å². The van der Waals surface area contributed by atoms with Crippen LogP contribution < -0.4 is 9.64 Å². The van der Waals surface area contributed by atoms with Gasteiger partial charge >= 0.3 is 6.01 Å². The van der Waals surface area contributed by atoms with Crippen molar-refractivity contribution < 1.29 is 19.1 Å². The normalized spacial score (nSPS) is 33.4. The van der Waals surface area contributed by atoms with Crippen molar-refractivity contribution in [3.05, 3.63) is 59.3 Å². The van der Waals surface area contributed by atoms with Gasteiger partial charge in [-0.25, -0.2) is 0 Å². The highest BCUT2D eigenvalue weighted by atomic mass is 16.5. The molecule has 5 heterocycles. The van der Waals surface area contributed by atoms with E-state index in [1.54, 1.807) is 7.11 Å². The van der Waals surface area contributed by atoms with E-state index in [-0.39, 0.29) is 36.0 Å². The monoisotopic (exact) mass is 570 g/mol. The van der Waals surface area contributed by atoms with Crippen LogP contribution in [0.4, 0.5) is 5.82 Å². The van der Waals surface area contributed by atoms with Crippen LogP contribution in [0.2, 0.25) is 0 Å². The summed E-state index contributed by atoms with van der Waals surface area (Å²) in [5.74, 6) is 1.02. The number of amides is 1. The van der Waals surface area contributed by atoms with Gasteiger partial charge in [0.2, 0.25) is 5.91 Å². The molecule has 0 radical (unpaired) electrons. The molecule has 1 aromatic heterocycles. The standard InChI is InChI=1S/C32H38N6O4/c1-4-29(40)37-13-20-12-32(27(37)11-28(32)39)18-38(20)30-22-14-36(24-10-9-19-7-5-6-8-21(19)24)15-23(22)33-31(34-30)42-26-17-35(2)16-25(26)41-3/h4-8,20,24-27H,1,9-18H2,2-3H3/t20?,24?,25-,26-,27?,32?/m1/s1. The lowest BCUT2D eigenvalue weighted by molar-refractivity contribution is -0.156. The lowest BCUT2D eigenvalue weighted by Crippen LogP contribution is -2.66. The molecule has 3 saturated heterocycles. The van der Waals surface area contributed by atoms with Crippen LogP contribution in [0.15, 0.2) is 36.9 Å². The largest absolute Gasteiger partial charge is 0.456 e. The zero-order valence-corrected chi connectivity index (χ0v) is 24.4. The molecule has 0 N–H and O–H groups in total. The van der Waals surface area contributed by atoms with E-state index in [0.717, 1.165) is 62.5 Å². The Balaban J connectivity index is 1.16. The van der Waals surface area contributed by atoms with Gasteiger partial charge in [-0.15, -0.1) is 0 Å². The van der Waals surface area contributed by atoms with E-state index >= 15 is 0 Å². The van der Waals surface area contributed by atoms with Gasteiger partial charge in [-0.05, 0) is 43.5 Å². The highest BCUT2D eigenvalue weighted by Gasteiger charge is 2.66. The molecule has 6 aliphatic rings. The van der Waals surface area contributed by atoms with E-state index in [1.807, 2.05) is 4.90 Å². The second kappa shape index (κ2) is 9.59. The van der Waals surface area contributed by atoms with Crippen LogP contribution in [0.25, 0.3) is 0 Å². The van der Waals surface area contributed by atoms with Gasteiger partial charge in [0.25, 0.3) is 0 Å². The number of carbonyl (C=O) groups is 2. The van der Waals surface area contributed by atoms with Crippen LogP contribution >= 0.6 is 0 Å². The number of rotatable bonds is 6. The first-order valence-corrected chi connectivity index (χ1v) is 15.2. The van der Waals surface area contributed by atoms with Crippen LogP contribution in [0.3, 0.4) is 0 Å². The molecule has 4 unspecified atom stereocenters. The first-order valence-electron chi connectivity index (χ1n) is 15.2. The summed E-state index contributed by atoms with van der Waals surface area (Å²) in [5.41, 5.74) is 4.42. The van der Waals surface area contributed by atoms with Gasteiger partial charge in [-0.3, -0.25) is 19.4 Å². The lowest BCUT2D eigenvalue weighted by Gasteiger charge is -2.52. The number of aromatic nitrogens is 2. The van der Waals surface area contributed by atoms with Crippen LogP contribution in [-0.2, 0) is 33.8 Å². The fraction of sp³-hybridized carbons (Fsp3) is 0.562. The van der Waals surface area contributed by atoms with Gasteiger partial charge < -0.3 is 19.3 Å². The second-order valence-electron chi connectivity index (χ2n) is 13.0. The minimum absolute atomic E-state index is 0.00634. The maximum absolute atomic E-state index is 13.2. The number of likely N-dealkylation sites (N-methyl/N-ethyl adjacent to an activating group) is 1. The SMILES string of the molecule is C=CC(=O)N1CC2CC3(CN2c2nc(O[C@@H]4CN(C)C[C@H]4OC)nc4c2CN(C2CCc5ccccc52)C4)C(=O)CC13. The number of piperidine rings is 1. The van der Waals surface area contributed by atoms with E-state index in [9.17, 15) is 9.59 Å². The van der Waals surface area contributed by atoms with Crippen LogP contribution in [0.5, 0.6) is 6.01 Å². The third-order valence-corrected chi connectivity index (χ3v) is 10.8. The summed E-state index contributed by atoms with van der Waals surface area (Å²) in [4.78, 5) is 45.0. The van der Waals surface area contributed by atoms with Crippen molar-refractivity contribution in [1.82, 2.24) is 24.7 Å². The number of aryl methyl sites for hydroxylation is 1. The molecule has 8 rings (SSSR count). The molecule has 1 spiro atoms. The Morgan fingerprint density at radius 1 is 1.14 bits per heavy atom. The molecule has 2 aromatic rings. The summed E-state index contributed by atoms with van der Waals surface area (Å²) < 4.78 is 12.2. The number of nitrogens with zero attached hydrogens (tertiary/aromatic N) is 6. The Bertz CT molecular complexity index is 1480. The molecule has 4 fully saturated rings. The number of anilines is 1. The molecular weight excluding hydrogens is 532 g/mol. The lowest BCUT2D eigenvalue weighted by atomic mass is 9.59. The average molecular weight is 571 g/mol. The third-order valence-electron chi connectivity index (χ3n) is 10.8. The predicted octanol–water partition coefficient (Wildman–Crippen LogP) is 2.12. The first kappa shape index (κ1) is 26.3. The molecule has 10 nitrogen and oxygen atoms in total. The number of fused-ring (bicyclic) bond motifs is 3. The van der Waals surface area contributed by atoms with Crippen molar-refractivity contribution in [3.8, 4) is 6.01 Å². The first-order chi connectivity index (χ1) is 20.4. The fourth-order valence-electron chi connectivity index (χ4n) is 8.70. The quantitative estimate of drug-likeness (QED) is 0.485. The van der Waals surface area contributed by atoms with Crippen molar-refractivity contribution in [1.29, 1.82) is 0 Å². The van der Waals surface area contributed by atoms with Crippen LogP contribution in [0.1, 0.15) is 47.7 Å². The second-order valence-corrected chi connectivity index (χ2v) is 13.0. The molecule has 1 aromatic carbocycles. The van der Waals surface area contributed by atoms with Crippen molar-refractivity contribution in [2.24, 2.45) is 5.41 Å². The van der Waals surface area contributed by atoms with E-state index in [0.29, 0.717) is 31.6 Å². The molecule has 6 atom stereocenters. The van der Waals surface area contributed by atoms with E-state index < -0.39 is 5.41 Å². The van der Waals surface area contributed by atoms with Gasteiger partial charge in [0, 0.05) is 70.4 Å². The number of likely N-dealkylation sites (tertiary alicyclic amines) is 2. The Morgan fingerprint density at radius 3 is 2.79 bits per heavy atom. The number of benzene rings is 1. The highest BCUT2D eigenvalue weighted by Crippen LogP contribution is 2.55. The van der Waals surface area contributed by atoms with Gasteiger partial charge in [-0.2, -0.15) is 9.97 Å². The number of Topliss-reactive ketones (excluding diaryl/α,β-unsaturated/α-hetero) is 1. The molecule has 2 bridgehead atoms. The minimum atomic E-state index is -0.529. The van der Waals surface area contributed by atoms with E-state index in [2.05, 4.69) is 52.6 Å². The van der Waals surface area contributed by atoms with Gasteiger partial charge in [-0.1, -0.05) is 30.8 Å². The predicted molar refractivity (Wildman–Crippen MR) is 155 cm³/mol. The van der Waals surface area contributed by atoms with Gasteiger partial charge in [0.05, 0.1) is 17.2 Å². The molecular formula is C32H38N6O4. The molecule has 4 aliphatic heterocycles. The summed E-state index contributed by atoms with van der Waals surface area (Å²) in [6, 6.07) is 9.41. The number of ether oxygens (including phenoxy) is 2. The Hall–Kier alpha value is -3.34. The van der Waals surface area contributed by atoms with Crippen LogP contribution in [0, 0.1) is 5.41 Å². The zero-order chi connectivity index (χ0) is 28.7. The maximum Gasteiger partial charge on any atom is 0.319 e. The summed E-state index contributed by atoms with van der Waals surface area (Å²) in [6.45, 7) is 7.88. The van der Waals surface area contributed by atoms with E-state index in [1.165, 1.54) is 17.2 Å². The number of methoxy groups -OCH3 is 1. The average Bonchev–Trinajstić information content (AvgIpc) is 3.77. The number of ketones is 1. The number of carbonyl (C=O) groups excluding carboxylic acids is 2. The summed E-state index contributed by atoms with van der Waals surface area (Å²) in [5, 5.41) is 0. The number of hydrogen-bond acceptors (Lipinski definition) is 9. The molecule has 10 heteroatoms. The smallest absolute Gasteiger partial charge is 0.319 e.